The summed E-state index contributed by atoms with van der Waals surface area (Å²) in [6, 6.07) is 14.3. The van der Waals surface area contributed by atoms with Crippen LogP contribution in [0.15, 0.2) is 97.2 Å². The van der Waals surface area contributed by atoms with Gasteiger partial charge in [-0.15, -0.1) is 0 Å². The summed E-state index contributed by atoms with van der Waals surface area (Å²) in [7, 11) is 7.42. The molecule has 31 heteroatoms. The number of benzene rings is 4. The third kappa shape index (κ3) is 27.1. The zero-order valence-electron chi connectivity index (χ0n) is 68.0. The highest BCUT2D eigenvalue weighted by molar-refractivity contribution is 5.99. The molecule has 116 heavy (non-hydrogen) atoms. The number of rotatable bonds is 16. The lowest BCUT2D eigenvalue weighted by molar-refractivity contribution is -0.890. The van der Waals surface area contributed by atoms with E-state index in [0.717, 1.165) is 46.4 Å². The minimum absolute atomic E-state index is 0.0632. The van der Waals surface area contributed by atoms with Crippen molar-refractivity contribution in [3.05, 3.63) is 136 Å². The number of nitrogens with zero attached hydrogens (tertiary/aromatic N) is 4. The molecule has 1 unspecified atom stereocenters. The molecular weight excluding hydrogens is 1490 g/mol. The molecule has 4 aromatic carbocycles. The lowest BCUT2D eigenvalue weighted by Crippen LogP contribution is -2.63. The number of nitrogens with one attached hydrogen (secondary N) is 10. The van der Waals surface area contributed by atoms with E-state index in [0.29, 0.717) is 123 Å². The van der Waals surface area contributed by atoms with E-state index in [1.807, 2.05) is 28.8 Å². The number of amides is 12. The van der Waals surface area contributed by atoms with Crippen LogP contribution in [0.2, 0.25) is 0 Å². The summed E-state index contributed by atoms with van der Waals surface area (Å²) < 4.78 is 35.4. The highest BCUT2D eigenvalue weighted by atomic mass is 19.1. The summed E-state index contributed by atoms with van der Waals surface area (Å²) >= 11 is 0. The number of unbranched alkanes of at least 4 members (excludes halogenated alkanes) is 2. The summed E-state index contributed by atoms with van der Waals surface area (Å²) in [5.41, 5.74) is 4.29. The van der Waals surface area contributed by atoms with Gasteiger partial charge < -0.3 is 91.3 Å². The Morgan fingerprint density at radius 2 is 1.35 bits per heavy atom. The van der Waals surface area contributed by atoms with Crippen molar-refractivity contribution in [3.63, 3.8) is 0 Å². The molecule has 6 heterocycles. The Hall–Kier alpha value is -10.4. The number of halogens is 1. The molecule has 5 aliphatic heterocycles. The van der Waals surface area contributed by atoms with Crippen LogP contribution in [0, 0.1) is 11.7 Å². The van der Waals surface area contributed by atoms with E-state index >= 15 is 23.6 Å². The number of aliphatic hydroxyl groups excluding tert-OH is 1. The van der Waals surface area contributed by atoms with Crippen molar-refractivity contribution in [2.45, 2.75) is 210 Å². The second kappa shape index (κ2) is 44.1. The van der Waals surface area contributed by atoms with E-state index in [9.17, 15) is 43.5 Å². The Labute approximate surface area is 677 Å². The van der Waals surface area contributed by atoms with Gasteiger partial charge >= 0.3 is 0 Å². The van der Waals surface area contributed by atoms with Gasteiger partial charge in [0.15, 0.2) is 0 Å². The quantitative estimate of drug-likeness (QED) is 0.0384. The largest absolute Gasteiger partial charge is 0.497 e. The molecule has 0 aliphatic carbocycles. The number of carbonyl (C=O) groups is 12. The first-order valence-corrected chi connectivity index (χ1v) is 40.8. The summed E-state index contributed by atoms with van der Waals surface area (Å²) in [6.07, 6.45) is 4.13. The average Bonchev–Trinajstić information content (AvgIpc) is 1.63. The van der Waals surface area contributed by atoms with Gasteiger partial charge in [-0.2, -0.15) is 0 Å². The van der Waals surface area contributed by atoms with Crippen molar-refractivity contribution in [1.29, 1.82) is 0 Å². The van der Waals surface area contributed by atoms with Crippen LogP contribution in [0.25, 0.3) is 10.9 Å². The van der Waals surface area contributed by atoms with Crippen molar-refractivity contribution in [1.82, 2.24) is 67.5 Å². The van der Waals surface area contributed by atoms with Crippen molar-refractivity contribution < 1.29 is 85.7 Å². The Balaban J connectivity index is 1.12. The maximum atomic E-state index is 16.2. The van der Waals surface area contributed by atoms with Crippen molar-refractivity contribution in [2.75, 3.05) is 87.3 Å². The van der Waals surface area contributed by atoms with Crippen LogP contribution in [0.5, 0.6) is 5.75 Å². The minimum atomic E-state index is -1.82. The summed E-state index contributed by atoms with van der Waals surface area (Å²) in [5, 5.41) is 39.9. The zero-order valence-corrected chi connectivity index (χ0v) is 68.0. The van der Waals surface area contributed by atoms with Gasteiger partial charge in [0, 0.05) is 127 Å². The molecule has 12 amide bonds. The molecule has 10 atom stereocenters. The van der Waals surface area contributed by atoms with Gasteiger partial charge in [-0.1, -0.05) is 80.4 Å². The summed E-state index contributed by atoms with van der Waals surface area (Å²) in [6.45, 7) is 6.67. The third-order valence-corrected chi connectivity index (χ3v) is 22.0. The van der Waals surface area contributed by atoms with E-state index in [2.05, 4.69) is 67.3 Å². The fourth-order valence-electron chi connectivity index (χ4n) is 15.2. The molecule has 0 saturated carbocycles. The van der Waals surface area contributed by atoms with E-state index in [4.69, 9.17) is 14.2 Å². The number of methoxy groups -OCH3 is 2. The smallest absolute Gasteiger partial charge is 0.246 e. The molecule has 1 aromatic heterocycles. The predicted molar refractivity (Wildman–Crippen MR) is 431 cm³/mol. The lowest BCUT2D eigenvalue weighted by Gasteiger charge is -2.33. The number of aromatic nitrogens is 1. The zero-order chi connectivity index (χ0) is 83.4. The molecule has 5 aliphatic rings. The van der Waals surface area contributed by atoms with Gasteiger partial charge in [-0.25, -0.2) is 4.39 Å². The average molecular weight is 1610 g/mol. The van der Waals surface area contributed by atoms with Crippen LogP contribution in [0.3, 0.4) is 0 Å². The number of fused-ring (bicyclic) bond motifs is 22. The number of carbonyl (C=O) groups excluding carboxylic acids is 12. The van der Waals surface area contributed by atoms with Crippen molar-refractivity contribution >= 4 is 81.8 Å². The van der Waals surface area contributed by atoms with Crippen LogP contribution in [0.4, 0.5) is 4.39 Å². The molecule has 1 saturated heterocycles. The normalized spacial score (nSPS) is 23.6. The Morgan fingerprint density at radius 1 is 0.638 bits per heavy atom. The number of quaternary nitrogens is 1. The molecule has 11 N–H and O–H groups in total. The van der Waals surface area contributed by atoms with Gasteiger partial charge in [0.25, 0.3) is 0 Å². The lowest BCUT2D eigenvalue weighted by atomic mass is 10.00. The molecule has 0 radical (unpaired) electrons. The SMILES string of the molecule is COCCC[N+](C)(C)CCCCCC(=O)NC[C@H]1NC(=O)[C@H](C)NC(=O)CCC(=O)N2CCCCCCn3cc(c4cc(F)ccc43)C[C@@H]3NC(=O)[C@H](Cc4cccc(c4)CNC(=O)CO[C@H]4CCN(C3=O)[C@@H]4C(=O)N[C@@H]([C@@H](C)O)C(=O)N[C@@H](Cc3ccc(OC)cc3)C(=O)NCCCC(C)C(=O)NCCc3ccc(cc3)C2)NC1=O. The molecule has 5 aromatic rings. The number of hydrogen-bond acceptors (Lipinski definition) is 16. The van der Waals surface area contributed by atoms with Crippen LogP contribution in [-0.2, 0) is 112 Å². The molecule has 12 bridgehead atoms. The van der Waals surface area contributed by atoms with Gasteiger partial charge in [0.05, 0.1) is 53.1 Å². The molecule has 1 fully saturated rings. The van der Waals surface area contributed by atoms with Gasteiger partial charge in [-0.05, 0) is 135 Å². The van der Waals surface area contributed by atoms with Crippen molar-refractivity contribution in [2.24, 2.45) is 5.92 Å². The first-order valence-electron chi connectivity index (χ1n) is 40.8. The van der Waals surface area contributed by atoms with Crippen LogP contribution in [-0.4, -0.2) is 237 Å². The molecule has 30 nitrogen and oxygen atoms in total. The predicted octanol–water partition coefficient (Wildman–Crippen LogP) is 3.12. The molecule has 10 rings (SSSR count). The molecular formula is C85H118FN14O16+. The fourth-order valence-corrected chi connectivity index (χ4v) is 15.2. The number of hydrogen-bond donors (Lipinski definition) is 11. The monoisotopic (exact) mass is 1610 g/mol. The number of ether oxygens (including phenoxy) is 3. The second-order valence-electron chi connectivity index (χ2n) is 31.7. The first kappa shape index (κ1) is 89.6. The Bertz CT molecular complexity index is 4210. The fraction of sp³-hybridized carbons (Fsp3) is 0.553. The topological polar surface area (TPSA) is 384 Å². The Kier molecular flexibility index (Phi) is 34.0. The van der Waals surface area contributed by atoms with Gasteiger partial charge in [-0.3, -0.25) is 57.5 Å². The molecule has 630 valence electrons. The highest BCUT2D eigenvalue weighted by Crippen LogP contribution is 2.29. The van der Waals surface area contributed by atoms with Crippen LogP contribution < -0.4 is 57.9 Å². The van der Waals surface area contributed by atoms with E-state index in [-0.39, 0.29) is 82.9 Å². The molecule has 0 spiro atoms. The summed E-state index contributed by atoms with van der Waals surface area (Å²) in [4.78, 5) is 179. The van der Waals surface area contributed by atoms with Crippen LogP contribution >= 0.6 is 0 Å². The maximum Gasteiger partial charge on any atom is 0.246 e. The van der Waals surface area contributed by atoms with Gasteiger partial charge in [0.1, 0.15) is 60.5 Å². The number of aryl methyl sites for hydroxylation is 1. The second-order valence-corrected chi connectivity index (χ2v) is 31.7. The van der Waals surface area contributed by atoms with E-state index in [1.54, 1.807) is 79.7 Å². The van der Waals surface area contributed by atoms with Gasteiger partial charge in [0.2, 0.25) is 70.9 Å². The maximum absolute atomic E-state index is 16.2. The van der Waals surface area contributed by atoms with Crippen LogP contribution in [0.1, 0.15) is 144 Å². The Morgan fingerprint density at radius 3 is 2.10 bits per heavy atom. The summed E-state index contributed by atoms with van der Waals surface area (Å²) in [5.74, 6) is -9.15. The highest BCUT2D eigenvalue weighted by Gasteiger charge is 2.47. The van der Waals surface area contributed by atoms with E-state index in [1.165, 1.54) is 33.1 Å². The first-order chi connectivity index (χ1) is 55.6. The number of aliphatic hydroxyl groups is 1. The minimum Gasteiger partial charge on any atom is -0.497 e. The van der Waals surface area contributed by atoms with E-state index < -0.39 is 138 Å². The van der Waals surface area contributed by atoms with Crippen molar-refractivity contribution in [3.8, 4) is 5.75 Å². The third-order valence-electron chi connectivity index (χ3n) is 22.0. The standard InChI is InChI=1S/C85H117FN14O16/c1-54-18-16-36-87-80(108)66(45-58-26-29-64(115-7)30-27-58)93-83(111)76(56(3)101)96-84(112)77-71-35-40-99(77)85(113)68-47-62-52-97(70-31-28-63(86)48-65(62)70)38-12-8-9-13-39-98(51-59-24-22-57(23-25-59)34-37-88-78(54)106)75(105)33-32-73(103)91-55(2)79(107)95-69(50-90-72(102)21-11-10-14-41-100(4,5)42-17-43-114-6)82(110)92-67(81(109)94-68)46-60-19-15-20-61(44-60)49-89-74(104)53-116-71/h15,19-20,22-31,44,48,52,54-56,66-69,71,76-77,101H,8-14,16-18,21,32-43,45-47,49-51,53H2,1-7H3,(H9-,87,88,89,90,91,92,93,94,95,96,102,103,104,106,107,108,109,110,111,112)/p+1/t54?,55-,56+,66-,67-,68-,69+,71-,76-,77-/m0/s1.